The number of anilines is 1. The monoisotopic (exact) mass is 275 g/mol. The molecule has 0 aliphatic carbocycles. The molecule has 6 nitrogen and oxygen atoms in total. The highest BCUT2D eigenvalue weighted by atomic mass is 16.5. The van der Waals surface area contributed by atoms with Gasteiger partial charge < -0.3 is 4.74 Å². The summed E-state index contributed by atoms with van der Waals surface area (Å²) in [6, 6.07) is 6.17. The van der Waals surface area contributed by atoms with Crippen molar-refractivity contribution in [1.29, 1.82) is 0 Å². The highest BCUT2D eigenvalue weighted by molar-refractivity contribution is 6.59. The van der Waals surface area contributed by atoms with Gasteiger partial charge in [0.1, 0.15) is 11.5 Å². The first-order valence-corrected chi connectivity index (χ1v) is 6.12. The maximum absolute atomic E-state index is 12.0. The van der Waals surface area contributed by atoms with Gasteiger partial charge >= 0.3 is 5.91 Å². The van der Waals surface area contributed by atoms with Crippen molar-refractivity contribution in [2.75, 3.05) is 11.5 Å². The summed E-state index contributed by atoms with van der Waals surface area (Å²) in [4.78, 5) is 47.5. The summed E-state index contributed by atoms with van der Waals surface area (Å²) in [6.07, 6.45) is 0. The smallest absolute Gasteiger partial charge is 0.302 e. The van der Waals surface area contributed by atoms with Gasteiger partial charge in [0.25, 0.3) is 5.91 Å². The number of ether oxygens (including phenoxy) is 1. The number of amides is 2. The van der Waals surface area contributed by atoms with Gasteiger partial charge in [-0.25, -0.2) is 4.90 Å². The summed E-state index contributed by atoms with van der Waals surface area (Å²) in [7, 11) is 0. The normalized spacial score (nSPS) is 18.6. The second-order valence-electron chi connectivity index (χ2n) is 4.31. The van der Waals surface area contributed by atoms with Gasteiger partial charge in [0, 0.05) is 0 Å². The van der Waals surface area contributed by atoms with Gasteiger partial charge in [-0.15, -0.1) is 0 Å². The lowest BCUT2D eigenvalue weighted by molar-refractivity contribution is -0.139. The van der Waals surface area contributed by atoms with E-state index in [9.17, 15) is 19.2 Å². The molecule has 2 rings (SSSR count). The van der Waals surface area contributed by atoms with Gasteiger partial charge in [-0.1, -0.05) is 0 Å². The topological polar surface area (TPSA) is 80.8 Å². The lowest BCUT2D eigenvalue weighted by atomic mass is 10.0. The van der Waals surface area contributed by atoms with Crippen LogP contribution >= 0.6 is 0 Å². The van der Waals surface area contributed by atoms with E-state index in [1.54, 1.807) is 12.1 Å². The molecule has 2 amide bonds. The van der Waals surface area contributed by atoms with Gasteiger partial charge in [-0.05, 0) is 38.1 Å². The third kappa shape index (κ3) is 2.20. The summed E-state index contributed by atoms with van der Waals surface area (Å²) in [5, 5.41) is 0. The zero-order valence-corrected chi connectivity index (χ0v) is 11.1. The highest BCUT2D eigenvalue weighted by Crippen LogP contribution is 2.26. The first-order chi connectivity index (χ1) is 9.47. The Morgan fingerprint density at radius 1 is 1.20 bits per heavy atom. The number of carbonyl (C=O) groups is 4. The van der Waals surface area contributed by atoms with Crippen LogP contribution in [0.5, 0.6) is 5.75 Å². The van der Waals surface area contributed by atoms with Gasteiger partial charge in [-0.3, -0.25) is 19.2 Å². The van der Waals surface area contributed by atoms with E-state index in [-0.39, 0.29) is 5.69 Å². The predicted octanol–water partition coefficient (Wildman–Crippen LogP) is 0.733. The first kappa shape index (κ1) is 13.9. The molecule has 1 atom stereocenters. The molecule has 0 aromatic heterocycles. The van der Waals surface area contributed by atoms with Crippen LogP contribution in [0.2, 0.25) is 0 Å². The standard InChI is InChI=1S/C14H13NO5/c1-3-20-10-6-4-9(5-7-10)15-13(18)11(8(2)16)12(17)14(15)19/h4-7,11H,3H2,1-2H3/t11-/m0/s1. The molecule has 1 heterocycles. The summed E-state index contributed by atoms with van der Waals surface area (Å²) in [6.45, 7) is 3.44. The SMILES string of the molecule is CCOc1ccc(N2C(=O)C(=O)[C@H](C(C)=O)C2=O)cc1. The van der Waals surface area contributed by atoms with Crippen molar-refractivity contribution in [3.8, 4) is 5.75 Å². The Morgan fingerprint density at radius 3 is 2.25 bits per heavy atom. The zero-order valence-electron chi connectivity index (χ0n) is 11.1. The Labute approximate surface area is 115 Å². The molecule has 20 heavy (non-hydrogen) atoms. The second kappa shape index (κ2) is 5.24. The maximum atomic E-state index is 12.0. The van der Waals surface area contributed by atoms with Crippen molar-refractivity contribution in [2.45, 2.75) is 13.8 Å². The number of Topliss-reactive ketones (excluding diaryl/α,β-unsaturated/α-hetero) is 2. The highest BCUT2D eigenvalue weighted by Gasteiger charge is 2.49. The Balaban J connectivity index is 2.33. The van der Waals surface area contributed by atoms with Gasteiger partial charge in [0.15, 0.2) is 5.92 Å². The molecule has 0 bridgehead atoms. The van der Waals surface area contributed by atoms with Gasteiger partial charge in [0.2, 0.25) is 5.78 Å². The quantitative estimate of drug-likeness (QED) is 0.460. The number of imide groups is 1. The van der Waals surface area contributed by atoms with Crippen molar-refractivity contribution in [1.82, 2.24) is 0 Å². The molecule has 0 saturated carbocycles. The zero-order chi connectivity index (χ0) is 14.9. The van der Waals surface area contributed by atoms with Crippen LogP contribution in [0.15, 0.2) is 24.3 Å². The fourth-order valence-electron chi connectivity index (χ4n) is 2.04. The van der Waals surface area contributed by atoms with Crippen LogP contribution in [0.1, 0.15) is 13.8 Å². The number of hydrogen-bond acceptors (Lipinski definition) is 5. The van der Waals surface area contributed by atoms with Crippen LogP contribution in [0.3, 0.4) is 0 Å². The molecule has 0 radical (unpaired) electrons. The van der Waals surface area contributed by atoms with Crippen LogP contribution in [-0.2, 0) is 19.2 Å². The first-order valence-electron chi connectivity index (χ1n) is 6.12. The molecular weight excluding hydrogens is 262 g/mol. The Bertz CT molecular complexity index is 590. The lowest BCUT2D eigenvalue weighted by Gasteiger charge is -2.14. The number of nitrogens with zero attached hydrogens (tertiary/aromatic N) is 1. The minimum atomic E-state index is -1.51. The number of carbonyl (C=O) groups excluding carboxylic acids is 4. The third-order valence-electron chi connectivity index (χ3n) is 2.96. The average Bonchev–Trinajstić information content (AvgIpc) is 2.62. The number of rotatable bonds is 4. The molecule has 6 heteroatoms. The fraction of sp³-hybridized carbons (Fsp3) is 0.286. The van der Waals surface area contributed by atoms with E-state index < -0.39 is 29.3 Å². The van der Waals surface area contributed by atoms with E-state index >= 15 is 0 Å². The van der Waals surface area contributed by atoms with E-state index in [1.165, 1.54) is 12.1 Å². The summed E-state index contributed by atoms with van der Waals surface area (Å²) < 4.78 is 5.25. The molecule has 1 saturated heterocycles. The van der Waals surface area contributed by atoms with E-state index in [4.69, 9.17) is 4.74 Å². The number of ketones is 2. The van der Waals surface area contributed by atoms with Crippen molar-refractivity contribution < 1.29 is 23.9 Å². The summed E-state index contributed by atoms with van der Waals surface area (Å²) >= 11 is 0. The molecule has 0 unspecified atom stereocenters. The van der Waals surface area contributed by atoms with Crippen LogP contribution < -0.4 is 9.64 Å². The molecule has 0 N–H and O–H groups in total. The van der Waals surface area contributed by atoms with E-state index in [1.807, 2.05) is 6.92 Å². The third-order valence-corrected chi connectivity index (χ3v) is 2.96. The molecular formula is C14H13NO5. The average molecular weight is 275 g/mol. The van der Waals surface area contributed by atoms with Crippen molar-refractivity contribution in [3.63, 3.8) is 0 Å². The van der Waals surface area contributed by atoms with Crippen molar-refractivity contribution >= 4 is 29.1 Å². The number of benzene rings is 1. The molecule has 104 valence electrons. The molecule has 1 aromatic carbocycles. The summed E-state index contributed by atoms with van der Waals surface area (Å²) in [5.41, 5.74) is 0.251. The second-order valence-corrected chi connectivity index (χ2v) is 4.31. The predicted molar refractivity (Wildman–Crippen MR) is 69.3 cm³/mol. The molecule has 1 aromatic rings. The Morgan fingerprint density at radius 2 is 1.80 bits per heavy atom. The molecule has 1 aliphatic heterocycles. The maximum Gasteiger partial charge on any atom is 0.302 e. The van der Waals surface area contributed by atoms with Crippen molar-refractivity contribution in [2.24, 2.45) is 5.92 Å². The Kier molecular flexibility index (Phi) is 3.65. The lowest BCUT2D eigenvalue weighted by Crippen LogP contribution is -2.31. The van der Waals surface area contributed by atoms with Crippen LogP contribution in [0.4, 0.5) is 5.69 Å². The molecule has 1 fully saturated rings. The van der Waals surface area contributed by atoms with Crippen LogP contribution in [-0.4, -0.2) is 30.0 Å². The largest absolute Gasteiger partial charge is 0.494 e. The van der Waals surface area contributed by atoms with Gasteiger partial charge in [0.05, 0.1) is 12.3 Å². The van der Waals surface area contributed by atoms with E-state index in [2.05, 4.69) is 0 Å². The number of hydrogen-bond donors (Lipinski definition) is 0. The molecule has 0 spiro atoms. The van der Waals surface area contributed by atoms with Crippen LogP contribution in [0, 0.1) is 5.92 Å². The minimum Gasteiger partial charge on any atom is -0.494 e. The van der Waals surface area contributed by atoms with Crippen molar-refractivity contribution in [3.05, 3.63) is 24.3 Å². The van der Waals surface area contributed by atoms with E-state index in [0.717, 1.165) is 11.8 Å². The fourth-order valence-corrected chi connectivity index (χ4v) is 2.04. The van der Waals surface area contributed by atoms with Gasteiger partial charge in [-0.2, -0.15) is 0 Å². The minimum absolute atomic E-state index is 0.251. The Hall–Kier alpha value is -2.50. The molecule has 1 aliphatic rings. The van der Waals surface area contributed by atoms with E-state index in [0.29, 0.717) is 12.4 Å². The summed E-state index contributed by atoms with van der Waals surface area (Å²) in [5.74, 6) is -4.28. The van der Waals surface area contributed by atoms with Crippen LogP contribution in [0.25, 0.3) is 0 Å².